The molecule has 0 aliphatic carbocycles. The van der Waals surface area contributed by atoms with E-state index in [0.717, 1.165) is 29.1 Å². The Labute approximate surface area is 114 Å². The van der Waals surface area contributed by atoms with Crippen LogP contribution in [0.25, 0.3) is 0 Å². The van der Waals surface area contributed by atoms with Gasteiger partial charge in [0.25, 0.3) is 5.91 Å². The summed E-state index contributed by atoms with van der Waals surface area (Å²) < 4.78 is 0. The fourth-order valence-corrected chi connectivity index (χ4v) is 2.46. The molecule has 0 aliphatic heterocycles. The maximum atomic E-state index is 12.1. The first-order chi connectivity index (χ1) is 8.65. The van der Waals surface area contributed by atoms with Crippen LogP contribution >= 0.6 is 11.8 Å². The summed E-state index contributed by atoms with van der Waals surface area (Å²) in [5.74, 6) is 0.0833. The molecule has 0 heterocycles. The van der Waals surface area contributed by atoms with Gasteiger partial charge >= 0.3 is 0 Å². The zero-order chi connectivity index (χ0) is 13.4. The third-order valence-corrected chi connectivity index (χ3v) is 3.54. The second-order valence-electron chi connectivity index (χ2n) is 4.33. The molecule has 1 aromatic carbocycles. The van der Waals surface area contributed by atoms with Crippen molar-refractivity contribution in [1.82, 2.24) is 4.90 Å². The van der Waals surface area contributed by atoms with Crippen LogP contribution in [-0.4, -0.2) is 24.9 Å². The van der Waals surface area contributed by atoms with Crippen molar-refractivity contribution in [2.75, 3.05) is 14.1 Å². The maximum absolute atomic E-state index is 12.1. The van der Waals surface area contributed by atoms with Crippen LogP contribution in [0.2, 0.25) is 0 Å². The van der Waals surface area contributed by atoms with Gasteiger partial charge in [0.15, 0.2) is 0 Å². The SMILES string of the molecule is CCCC/C=C(/Sc1ccccc1)C(=O)N(C)C. The summed E-state index contributed by atoms with van der Waals surface area (Å²) in [6, 6.07) is 10.0. The van der Waals surface area contributed by atoms with E-state index in [0.29, 0.717) is 0 Å². The van der Waals surface area contributed by atoms with E-state index in [9.17, 15) is 4.79 Å². The summed E-state index contributed by atoms with van der Waals surface area (Å²) in [5.41, 5.74) is 0. The van der Waals surface area contributed by atoms with Crippen LogP contribution in [0, 0.1) is 0 Å². The molecule has 0 aromatic heterocycles. The average molecular weight is 263 g/mol. The second kappa shape index (κ2) is 7.98. The predicted molar refractivity (Wildman–Crippen MR) is 78.6 cm³/mol. The van der Waals surface area contributed by atoms with E-state index in [-0.39, 0.29) is 5.91 Å². The minimum absolute atomic E-state index is 0.0833. The van der Waals surface area contributed by atoms with Crippen LogP contribution in [0.3, 0.4) is 0 Å². The first-order valence-corrected chi connectivity index (χ1v) is 7.11. The lowest BCUT2D eigenvalue weighted by Crippen LogP contribution is -2.22. The van der Waals surface area contributed by atoms with Crippen LogP contribution in [0.15, 0.2) is 46.2 Å². The zero-order valence-corrected chi connectivity index (χ0v) is 12.2. The number of hydrogen-bond donors (Lipinski definition) is 0. The Morgan fingerprint density at radius 2 is 1.94 bits per heavy atom. The maximum Gasteiger partial charge on any atom is 0.259 e. The van der Waals surface area contributed by atoms with Crippen LogP contribution in [0.4, 0.5) is 0 Å². The van der Waals surface area contributed by atoms with Crippen LogP contribution < -0.4 is 0 Å². The molecule has 98 valence electrons. The number of benzene rings is 1. The number of amides is 1. The summed E-state index contributed by atoms with van der Waals surface area (Å²) in [4.78, 5) is 15.6. The van der Waals surface area contributed by atoms with E-state index in [1.807, 2.05) is 30.3 Å². The van der Waals surface area contributed by atoms with Gasteiger partial charge in [-0.05, 0) is 18.6 Å². The third kappa shape index (κ3) is 4.96. The van der Waals surface area contributed by atoms with Gasteiger partial charge in [-0.3, -0.25) is 4.79 Å². The van der Waals surface area contributed by atoms with E-state index in [2.05, 4.69) is 13.0 Å². The summed E-state index contributed by atoms with van der Waals surface area (Å²) >= 11 is 1.55. The Hall–Kier alpha value is -1.22. The van der Waals surface area contributed by atoms with Crippen molar-refractivity contribution >= 4 is 17.7 Å². The van der Waals surface area contributed by atoms with Crippen molar-refractivity contribution in [3.63, 3.8) is 0 Å². The van der Waals surface area contributed by atoms with Crippen molar-refractivity contribution in [2.45, 2.75) is 31.1 Å². The highest BCUT2D eigenvalue weighted by Crippen LogP contribution is 2.28. The third-order valence-electron chi connectivity index (χ3n) is 2.48. The highest BCUT2D eigenvalue weighted by atomic mass is 32.2. The normalized spacial score (nSPS) is 11.4. The number of nitrogens with zero attached hydrogens (tertiary/aromatic N) is 1. The van der Waals surface area contributed by atoms with Crippen LogP contribution in [0.1, 0.15) is 26.2 Å². The number of unbranched alkanes of at least 4 members (excludes halogenated alkanes) is 2. The number of rotatable bonds is 6. The van der Waals surface area contributed by atoms with Crippen molar-refractivity contribution in [1.29, 1.82) is 0 Å². The molecule has 0 fully saturated rings. The molecular weight excluding hydrogens is 242 g/mol. The molecule has 1 aromatic rings. The van der Waals surface area contributed by atoms with Gasteiger partial charge in [-0.15, -0.1) is 0 Å². The lowest BCUT2D eigenvalue weighted by molar-refractivity contribution is -0.123. The van der Waals surface area contributed by atoms with E-state index in [4.69, 9.17) is 0 Å². The number of likely N-dealkylation sites (N-methyl/N-ethyl adjacent to an activating group) is 1. The van der Waals surface area contributed by atoms with Gasteiger partial charge in [-0.1, -0.05) is 55.8 Å². The lowest BCUT2D eigenvalue weighted by Gasteiger charge is -2.13. The summed E-state index contributed by atoms with van der Waals surface area (Å²) in [5, 5.41) is 0. The molecule has 0 atom stereocenters. The molecule has 1 amide bonds. The monoisotopic (exact) mass is 263 g/mol. The number of hydrogen-bond acceptors (Lipinski definition) is 2. The lowest BCUT2D eigenvalue weighted by atomic mass is 10.2. The van der Waals surface area contributed by atoms with Crippen molar-refractivity contribution in [3.05, 3.63) is 41.3 Å². The number of allylic oxidation sites excluding steroid dienone is 1. The molecule has 0 unspecified atom stereocenters. The molecule has 0 saturated carbocycles. The first kappa shape index (κ1) is 14.8. The Balaban J connectivity index is 2.78. The Morgan fingerprint density at radius 3 is 2.50 bits per heavy atom. The smallest absolute Gasteiger partial charge is 0.259 e. The van der Waals surface area contributed by atoms with Gasteiger partial charge in [-0.25, -0.2) is 0 Å². The van der Waals surface area contributed by atoms with Gasteiger partial charge < -0.3 is 4.90 Å². The fourth-order valence-electron chi connectivity index (χ4n) is 1.45. The van der Waals surface area contributed by atoms with Crippen molar-refractivity contribution < 1.29 is 4.79 Å². The largest absolute Gasteiger partial charge is 0.344 e. The van der Waals surface area contributed by atoms with Gasteiger partial charge in [0.1, 0.15) is 0 Å². The molecule has 1 rings (SSSR count). The molecule has 0 radical (unpaired) electrons. The molecule has 2 nitrogen and oxygen atoms in total. The topological polar surface area (TPSA) is 20.3 Å². The average Bonchev–Trinajstić information content (AvgIpc) is 2.38. The van der Waals surface area contributed by atoms with E-state index >= 15 is 0 Å². The number of carbonyl (C=O) groups is 1. The van der Waals surface area contributed by atoms with E-state index in [1.165, 1.54) is 0 Å². The van der Waals surface area contributed by atoms with Crippen molar-refractivity contribution in [2.24, 2.45) is 0 Å². The van der Waals surface area contributed by atoms with E-state index < -0.39 is 0 Å². The minimum Gasteiger partial charge on any atom is -0.344 e. The summed E-state index contributed by atoms with van der Waals surface area (Å²) in [6.45, 7) is 2.16. The van der Waals surface area contributed by atoms with Crippen LogP contribution in [0.5, 0.6) is 0 Å². The van der Waals surface area contributed by atoms with Gasteiger partial charge in [0.2, 0.25) is 0 Å². The second-order valence-corrected chi connectivity index (χ2v) is 5.44. The van der Waals surface area contributed by atoms with Crippen molar-refractivity contribution in [3.8, 4) is 0 Å². The standard InChI is InChI=1S/C15H21NOS/c1-4-5-7-12-14(15(17)16(2)3)18-13-10-8-6-9-11-13/h6,8-12H,4-5,7H2,1-3H3/b14-12+. The highest BCUT2D eigenvalue weighted by molar-refractivity contribution is 8.04. The molecule has 0 N–H and O–H groups in total. The highest BCUT2D eigenvalue weighted by Gasteiger charge is 2.12. The summed E-state index contributed by atoms with van der Waals surface area (Å²) in [7, 11) is 3.59. The molecule has 0 bridgehead atoms. The Bertz CT molecular complexity index is 398. The number of thioether (sulfide) groups is 1. The minimum atomic E-state index is 0.0833. The fraction of sp³-hybridized carbons (Fsp3) is 0.400. The molecular formula is C15H21NOS. The molecule has 18 heavy (non-hydrogen) atoms. The predicted octanol–water partition coefficient (Wildman–Crippen LogP) is 3.94. The van der Waals surface area contributed by atoms with Gasteiger partial charge in [-0.2, -0.15) is 0 Å². The van der Waals surface area contributed by atoms with Crippen LogP contribution in [-0.2, 0) is 4.79 Å². The molecule has 0 saturated heterocycles. The number of carbonyl (C=O) groups excluding carboxylic acids is 1. The first-order valence-electron chi connectivity index (χ1n) is 6.30. The molecule has 0 aliphatic rings. The Kier molecular flexibility index (Phi) is 6.58. The summed E-state index contributed by atoms with van der Waals surface area (Å²) in [6.07, 6.45) is 5.30. The molecule has 0 spiro atoms. The Morgan fingerprint density at radius 1 is 1.28 bits per heavy atom. The quantitative estimate of drug-likeness (QED) is 0.440. The molecule has 3 heteroatoms. The van der Waals surface area contributed by atoms with Gasteiger partial charge in [0.05, 0.1) is 4.91 Å². The zero-order valence-electron chi connectivity index (χ0n) is 11.3. The van der Waals surface area contributed by atoms with Gasteiger partial charge in [0, 0.05) is 19.0 Å². The van der Waals surface area contributed by atoms with E-state index in [1.54, 1.807) is 30.8 Å².